The molecule has 0 aliphatic rings. The Kier molecular flexibility index (Phi) is 4.25. The van der Waals surface area contributed by atoms with E-state index in [1.165, 1.54) is 7.11 Å². The maximum atomic E-state index is 13.2. The van der Waals surface area contributed by atoms with Gasteiger partial charge in [-0.2, -0.15) is 8.42 Å². The van der Waals surface area contributed by atoms with Gasteiger partial charge >= 0.3 is 0 Å². The van der Waals surface area contributed by atoms with E-state index in [4.69, 9.17) is 9.29 Å². The minimum atomic E-state index is -4.47. The van der Waals surface area contributed by atoms with Crippen molar-refractivity contribution in [2.75, 3.05) is 7.11 Å². The SMILES string of the molecule is COc1cc(S(=O)(=O)O)ccc1C(=O)c1cc(F)cc(F)c1. The molecule has 0 aliphatic carbocycles. The van der Waals surface area contributed by atoms with E-state index in [9.17, 15) is 22.0 Å². The van der Waals surface area contributed by atoms with Gasteiger partial charge in [0.05, 0.1) is 17.6 Å². The molecule has 0 fully saturated rings. The fraction of sp³-hybridized carbons (Fsp3) is 0.0714. The zero-order valence-electron chi connectivity index (χ0n) is 11.2. The lowest BCUT2D eigenvalue weighted by Crippen LogP contribution is -2.07. The van der Waals surface area contributed by atoms with Crippen LogP contribution in [0.2, 0.25) is 0 Å². The highest BCUT2D eigenvalue weighted by atomic mass is 32.2. The monoisotopic (exact) mass is 328 g/mol. The van der Waals surface area contributed by atoms with Crippen LogP contribution in [0.5, 0.6) is 5.75 Å². The summed E-state index contributed by atoms with van der Waals surface area (Å²) in [5, 5.41) is 0. The van der Waals surface area contributed by atoms with Crippen LogP contribution in [0.25, 0.3) is 0 Å². The summed E-state index contributed by atoms with van der Waals surface area (Å²) in [6.07, 6.45) is 0. The van der Waals surface area contributed by atoms with Crippen molar-refractivity contribution >= 4 is 15.9 Å². The lowest BCUT2D eigenvalue weighted by Gasteiger charge is -2.09. The van der Waals surface area contributed by atoms with Crippen molar-refractivity contribution in [3.8, 4) is 5.75 Å². The summed E-state index contributed by atoms with van der Waals surface area (Å²) >= 11 is 0. The topological polar surface area (TPSA) is 80.7 Å². The van der Waals surface area contributed by atoms with Gasteiger partial charge in [-0.25, -0.2) is 8.78 Å². The Morgan fingerprint density at radius 1 is 1.09 bits per heavy atom. The van der Waals surface area contributed by atoms with Crippen LogP contribution in [0.4, 0.5) is 8.78 Å². The molecule has 0 atom stereocenters. The molecule has 2 aromatic rings. The number of benzene rings is 2. The van der Waals surface area contributed by atoms with E-state index < -0.39 is 32.4 Å². The smallest absolute Gasteiger partial charge is 0.294 e. The van der Waals surface area contributed by atoms with Crippen LogP contribution < -0.4 is 4.74 Å². The number of carbonyl (C=O) groups excluding carboxylic acids is 1. The van der Waals surface area contributed by atoms with Crippen LogP contribution in [-0.4, -0.2) is 25.9 Å². The number of carbonyl (C=O) groups is 1. The largest absolute Gasteiger partial charge is 0.496 e. The average Bonchev–Trinajstić information content (AvgIpc) is 2.43. The molecule has 5 nitrogen and oxygen atoms in total. The van der Waals surface area contributed by atoms with E-state index in [1.807, 2.05) is 0 Å². The molecule has 0 aromatic heterocycles. The minimum Gasteiger partial charge on any atom is -0.496 e. The van der Waals surface area contributed by atoms with Gasteiger partial charge in [0.2, 0.25) is 0 Å². The molecular weight excluding hydrogens is 318 g/mol. The van der Waals surface area contributed by atoms with Crippen LogP contribution >= 0.6 is 0 Å². The summed E-state index contributed by atoms with van der Waals surface area (Å²) in [5.41, 5.74) is -0.352. The number of methoxy groups -OCH3 is 1. The highest BCUT2D eigenvalue weighted by Crippen LogP contribution is 2.25. The van der Waals surface area contributed by atoms with Crippen LogP contribution in [-0.2, 0) is 10.1 Å². The third-order valence-corrected chi connectivity index (χ3v) is 3.69. The molecule has 0 bridgehead atoms. The first-order valence-electron chi connectivity index (χ1n) is 5.88. The predicted molar refractivity (Wildman–Crippen MR) is 72.6 cm³/mol. The molecule has 0 radical (unpaired) electrons. The van der Waals surface area contributed by atoms with Crippen LogP contribution in [0.3, 0.4) is 0 Å². The second kappa shape index (κ2) is 5.82. The van der Waals surface area contributed by atoms with Gasteiger partial charge in [0.15, 0.2) is 5.78 Å². The number of hydrogen-bond donors (Lipinski definition) is 1. The second-order valence-corrected chi connectivity index (χ2v) is 5.75. The molecular formula is C14H10F2O5S. The molecule has 1 N–H and O–H groups in total. The molecule has 2 rings (SSSR count). The second-order valence-electron chi connectivity index (χ2n) is 4.32. The van der Waals surface area contributed by atoms with Crippen LogP contribution in [0, 0.1) is 11.6 Å². The van der Waals surface area contributed by atoms with Crippen molar-refractivity contribution in [2.24, 2.45) is 0 Å². The summed E-state index contributed by atoms with van der Waals surface area (Å²) in [6, 6.07) is 5.34. The molecule has 0 amide bonds. The van der Waals surface area contributed by atoms with Crippen molar-refractivity contribution in [3.63, 3.8) is 0 Å². The van der Waals surface area contributed by atoms with E-state index in [2.05, 4.69) is 0 Å². The van der Waals surface area contributed by atoms with Gasteiger partial charge in [-0.3, -0.25) is 9.35 Å². The highest BCUT2D eigenvalue weighted by molar-refractivity contribution is 7.85. The Hall–Kier alpha value is -2.32. The van der Waals surface area contributed by atoms with Gasteiger partial charge in [0, 0.05) is 17.7 Å². The third-order valence-electron chi connectivity index (χ3n) is 2.84. The minimum absolute atomic E-state index is 0.0973. The first-order chi connectivity index (χ1) is 10.2. The van der Waals surface area contributed by atoms with Gasteiger partial charge in [-0.05, 0) is 24.3 Å². The summed E-state index contributed by atoms with van der Waals surface area (Å²) in [4.78, 5) is 11.8. The van der Waals surface area contributed by atoms with Gasteiger partial charge < -0.3 is 4.74 Å². The van der Waals surface area contributed by atoms with Crippen molar-refractivity contribution < 1.29 is 31.3 Å². The molecule has 0 unspecified atom stereocenters. The van der Waals surface area contributed by atoms with E-state index in [1.54, 1.807) is 0 Å². The molecule has 116 valence electrons. The number of ether oxygens (including phenoxy) is 1. The summed E-state index contributed by atoms with van der Waals surface area (Å²) in [7, 11) is -3.28. The Morgan fingerprint density at radius 2 is 1.68 bits per heavy atom. The quantitative estimate of drug-likeness (QED) is 0.689. The third kappa shape index (κ3) is 3.29. The predicted octanol–water partition coefficient (Wildman–Crippen LogP) is 2.45. The molecule has 0 spiro atoms. The lowest BCUT2D eigenvalue weighted by atomic mass is 10.0. The molecule has 22 heavy (non-hydrogen) atoms. The van der Waals surface area contributed by atoms with Gasteiger partial charge in [-0.1, -0.05) is 0 Å². The van der Waals surface area contributed by atoms with E-state index in [-0.39, 0.29) is 16.9 Å². The number of ketones is 1. The van der Waals surface area contributed by atoms with Crippen molar-refractivity contribution in [1.82, 2.24) is 0 Å². The molecule has 0 heterocycles. The first-order valence-corrected chi connectivity index (χ1v) is 7.32. The lowest BCUT2D eigenvalue weighted by molar-refractivity contribution is 0.103. The van der Waals surface area contributed by atoms with E-state index in [0.29, 0.717) is 6.07 Å². The number of rotatable bonds is 4. The Morgan fingerprint density at radius 3 is 2.18 bits per heavy atom. The van der Waals surface area contributed by atoms with Gasteiger partial charge in [0.25, 0.3) is 10.1 Å². The first kappa shape index (κ1) is 16.1. The maximum Gasteiger partial charge on any atom is 0.294 e. The molecule has 8 heteroatoms. The zero-order valence-corrected chi connectivity index (χ0v) is 12.0. The fourth-order valence-electron chi connectivity index (χ4n) is 1.86. The van der Waals surface area contributed by atoms with E-state index >= 15 is 0 Å². The Balaban J connectivity index is 2.54. The van der Waals surface area contributed by atoms with Crippen molar-refractivity contribution in [1.29, 1.82) is 0 Å². The number of hydrogen-bond acceptors (Lipinski definition) is 4. The van der Waals surface area contributed by atoms with Gasteiger partial charge in [0.1, 0.15) is 17.4 Å². The Bertz CT molecular complexity index is 826. The summed E-state index contributed by atoms with van der Waals surface area (Å²) < 4.78 is 62.3. The number of halogens is 2. The summed E-state index contributed by atoms with van der Waals surface area (Å²) in [5.74, 6) is -2.74. The maximum absolute atomic E-state index is 13.2. The summed E-state index contributed by atoms with van der Waals surface area (Å²) in [6.45, 7) is 0. The van der Waals surface area contributed by atoms with Crippen LogP contribution in [0.15, 0.2) is 41.3 Å². The van der Waals surface area contributed by atoms with Crippen molar-refractivity contribution in [3.05, 3.63) is 59.2 Å². The van der Waals surface area contributed by atoms with Crippen LogP contribution in [0.1, 0.15) is 15.9 Å². The standard InChI is InChI=1S/C14H10F2O5S/c1-21-13-7-11(22(18,19)20)2-3-12(13)14(17)8-4-9(15)6-10(16)5-8/h2-7H,1H3,(H,18,19,20). The highest BCUT2D eigenvalue weighted by Gasteiger charge is 2.19. The average molecular weight is 328 g/mol. The normalized spacial score (nSPS) is 11.3. The van der Waals surface area contributed by atoms with E-state index in [0.717, 1.165) is 30.3 Å². The molecule has 0 saturated carbocycles. The zero-order chi connectivity index (χ0) is 16.5. The molecule has 0 aliphatic heterocycles. The molecule has 2 aromatic carbocycles. The van der Waals surface area contributed by atoms with Crippen molar-refractivity contribution in [2.45, 2.75) is 4.90 Å². The Labute approximate surface area is 124 Å². The fourth-order valence-corrected chi connectivity index (χ4v) is 2.36. The molecule has 0 saturated heterocycles. The van der Waals surface area contributed by atoms with Gasteiger partial charge in [-0.15, -0.1) is 0 Å².